The SMILES string of the molecule is O=C(NCCc1cccc(F)c1)c1nc(Cl)c(Cl)c(Cl)c1Cl. The lowest BCUT2D eigenvalue weighted by Crippen LogP contribution is -2.27. The average Bonchev–Trinajstić information content (AvgIpc) is 2.48. The molecule has 0 unspecified atom stereocenters. The summed E-state index contributed by atoms with van der Waals surface area (Å²) in [5.74, 6) is -0.869. The van der Waals surface area contributed by atoms with Crippen molar-refractivity contribution >= 4 is 52.3 Å². The van der Waals surface area contributed by atoms with Crippen molar-refractivity contribution in [3.8, 4) is 0 Å². The second-order valence-corrected chi connectivity index (χ2v) is 5.82. The van der Waals surface area contributed by atoms with Crippen LogP contribution in [0, 0.1) is 5.82 Å². The van der Waals surface area contributed by atoms with E-state index in [-0.39, 0.29) is 38.3 Å². The maximum Gasteiger partial charge on any atom is 0.271 e. The zero-order chi connectivity index (χ0) is 16.3. The molecule has 0 aliphatic rings. The Bertz CT molecular complexity index is 724. The van der Waals surface area contributed by atoms with Crippen molar-refractivity contribution in [3.63, 3.8) is 0 Å². The lowest BCUT2D eigenvalue weighted by Gasteiger charge is -2.09. The highest BCUT2D eigenvalue weighted by atomic mass is 35.5. The van der Waals surface area contributed by atoms with Gasteiger partial charge in [0.2, 0.25) is 0 Å². The van der Waals surface area contributed by atoms with Crippen LogP contribution in [0.15, 0.2) is 24.3 Å². The van der Waals surface area contributed by atoms with Crippen LogP contribution in [-0.2, 0) is 6.42 Å². The van der Waals surface area contributed by atoms with E-state index in [0.29, 0.717) is 6.42 Å². The van der Waals surface area contributed by atoms with Gasteiger partial charge in [-0.05, 0) is 24.1 Å². The number of aromatic nitrogens is 1. The minimum atomic E-state index is -0.540. The maximum atomic E-state index is 13.0. The molecule has 1 aromatic heterocycles. The third-order valence-corrected chi connectivity index (χ3v) is 4.47. The molecule has 0 aliphatic carbocycles. The van der Waals surface area contributed by atoms with E-state index >= 15 is 0 Å². The molecule has 1 N–H and O–H groups in total. The van der Waals surface area contributed by atoms with E-state index in [2.05, 4.69) is 10.3 Å². The van der Waals surface area contributed by atoms with Crippen LogP contribution in [-0.4, -0.2) is 17.4 Å². The Morgan fingerprint density at radius 3 is 2.55 bits per heavy atom. The standard InChI is InChI=1S/C14H9Cl4FN2O/c15-9-10(16)12(21-13(18)11(9)17)14(22)20-5-4-7-2-1-3-8(19)6-7/h1-3,6H,4-5H2,(H,20,22). The van der Waals surface area contributed by atoms with Gasteiger partial charge in [-0.1, -0.05) is 58.5 Å². The highest BCUT2D eigenvalue weighted by Gasteiger charge is 2.19. The molecule has 1 heterocycles. The molecule has 116 valence electrons. The number of carbonyl (C=O) groups is 1. The van der Waals surface area contributed by atoms with Crippen molar-refractivity contribution in [2.45, 2.75) is 6.42 Å². The van der Waals surface area contributed by atoms with Crippen LogP contribution in [0.4, 0.5) is 4.39 Å². The number of rotatable bonds is 4. The number of nitrogens with zero attached hydrogens (tertiary/aromatic N) is 1. The molecule has 22 heavy (non-hydrogen) atoms. The number of halogens is 5. The van der Waals surface area contributed by atoms with Gasteiger partial charge in [0.05, 0.1) is 15.1 Å². The fourth-order valence-electron chi connectivity index (χ4n) is 1.73. The maximum absolute atomic E-state index is 13.0. The summed E-state index contributed by atoms with van der Waals surface area (Å²) in [5.41, 5.74) is 0.645. The molecule has 0 atom stereocenters. The van der Waals surface area contributed by atoms with Gasteiger partial charge in [0.25, 0.3) is 5.91 Å². The third kappa shape index (κ3) is 4.02. The van der Waals surface area contributed by atoms with E-state index < -0.39 is 5.91 Å². The molecule has 0 saturated heterocycles. The number of benzene rings is 1. The molecule has 0 saturated carbocycles. The summed E-state index contributed by atoms with van der Waals surface area (Å²) in [4.78, 5) is 15.9. The molecule has 2 aromatic rings. The summed E-state index contributed by atoms with van der Waals surface area (Å²) in [6, 6.07) is 6.11. The number of amides is 1. The van der Waals surface area contributed by atoms with Gasteiger partial charge in [0, 0.05) is 6.54 Å². The number of nitrogens with one attached hydrogen (secondary N) is 1. The Kier molecular flexibility index (Phi) is 5.87. The first-order chi connectivity index (χ1) is 10.4. The van der Waals surface area contributed by atoms with Crippen LogP contribution < -0.4 is 5.32 Å². The third-order valence-electron chi connectivity index (χ3n) is 2.79. The summed E-state index contributed by atoms with van der Waals surface area (Å²) in [6.45, 7) is 0.276. The van der Waals surface area contributed by atoms with E-state index in [1.165, 1.54) is 12.1 Å². The Hall–Kier alpha value is -1.07. The summed E-state index contributed by atoms with van der Waals surface area (Å²) in [6.07, 6.45) is 0.455. The van der Waals surface area contributed by atoms with Crippen LogP contribution in [0.5, 0.6) is 0 Å². The van der Waals surface area contributed by atoms with Crippen molar-refractivity contribution in [2.75, 3.05) is 6.54 Å². The molecule has 8 heteroatoms. The van der Waals surface area contributed by atoms with Gasteiger partial charge in [-0.15, -0.1) is 0 Å². The zero-order valence-corrected chi connectivity index (χ0v) is 14.0. The molecule has 0 aliphatic heterocycles. The summed E-state index contributed by atoms with van der Waals surface area (Å²) >= 11 is 23.4. The molecule has 0 radical (unpaired) electrons. The van der Waals surface area contributed by atoms with Gasteiger partial charge in [-0.25, -0.2) is 9.37 Å². The number of carbonyl (C=O) groups excluding carboxylic acids is 1. The highest BCUT2D eigenvalue weighted by Crippen LogP contribution is 2.35. The fourth-order valence-corrected chi connectivity index (χ4v) is 2.55. The first-order valence-corrected chi connectivity index (χ1v) is 7.64. The topological polar surface area (TPSA) is 42.0 Å². The van der Waals surface area contributed by atoms with Crippen LogP contribution in [0.1, 0.15) is 16.1 Å². The minimum absolute atomic E-state index is 0.00959. The van der Waals surface area contributed by atoms with Gasteiger partial charge in [0.1, 0.15) is 16.7 Å². The van der Waals surface area contributed by atoms with Crippen molar-refractivity contribution < 1.29 is 9.18 Å². The molecular weight excluding hydrogens is 373 g/mol. The Balaban J connectivity index is 2.04. The summed E-state index contributed by atoms with van der Waals surface area (Å²) < 4.78 is 13.0. The van der Waals surface area contributed by atoms with Gasteiger partial charge < -0.3 is 5.32 Å². The quantitative estimate of drug-likeness (QED) is 0.772. The second kappa shape index (κ2) is 7.47. The first-order valence-electron chi connectivity index (χ1n) is 6.12. The molecule has 0 bridgehead atoms. The van der Waals surface area contributed by atoms with Crippen molar-refractivity contribution in [3.05, 3.63) is 61.6 Å². The molecule has 1 amide bonds. The Morgan fingerprint density at radius 1 is 1.14 bits per heavy atom. The van der Waals surface area contributed by atoms with Gasteiger partial charge >= 0.3 is 0 Å². The monoisotopic (exact) mass is 380 g/mol. The van der Waals surface area contributed by atoms with Crippen molar-refractivity contribution in [1.29, 1.82) is 0 Å². The van der Waals surface area contributed by atoms with Gasteiger partial charge in [0.15, 0.2) is 0 Å². The lowest BCUT2D eigenvalue weighted by atomic mass is 10.1. The highest BCUT2D eigenvalue weighted by molar-refractivity contribution is 6.52. The van der Waals surface area contributed by atoms with E-state index in [9.17, 15) is 9.18 Å². The first kappa shape index (κ1) is 17.3. The molecule has 1 aromatic carbocycles. The summed E-state index contributed by atoms with van der Waals surface area (Å²) in [5, 5.41) is 2.40. The van der Waals surface area contributed by atoms with E-state index in [4.69, 9.17) is 46.4 Å². The van der Waals surface area contributed by atoms with Gasteiger partial charge in [-0.3, -0.25) is 4.79 Å². The van der Waals surface area contributed by atoms with E-state index in [1.807, 2.05) is 0 Å². The number of hydrogen-bond donors (Lipinski definition) is 1. The average molecular weight is 382 g/mol. The van der Waals surface area contributed by atoms with E-state index in [0.717, 1.165) is 5.56 Å². The molecule has 3 nitrogen and oxygen atoms in total. The predicted octanol–water partition coefficient (Wildman–Crippen LogP) is 4.81. The minimum Gasteiger partial charge on any atom is -0.350 e. The largest absolute Gasteiger partial charge is 0.350 e. The van der Waals surface area contributed by atoms with Gasteiger partial charge in [-0.2, -0.15) is 0 Å². The smallest absolute Gasteiger partial charge is 0.271 e. The van der Waals surface area contributed by atoms with E-state index in [1.54, 1.807) is 12.1 Å². The second-order valence-electron chi connectivity index (χ2n) is 4.33. The fraction of sp³-hybridized carbons (Fsp3) is 0.143. The zero-order valence-electron chi connectivity index (χ0n) is 11.0. The van der Waals surface area contributed by atoms with Crippen LogP contribution >= 0.6 is 46.4 Å². The number of hydrogen-bond acceptors (Lipinski definition) is 2. The van der Waals surface area contributed by atoms with Crippen molar-refractivity contribution in [1.82, 2.24) is 10.3 Å². The van der Waals surface area contributed by atoms with Crippen LogP contribution in [0.2, 0.25) is 20.2 Å². The van der Waals surface area contributed by atoms with Crippen LogP contribution in [0.25, 0.3) is 0 Å². The summed E-state index contributed by atoms with van der Waals surface area (Å²) in [7, 11) is 0. The van der Waals surface area contributed by atoms with Crippen LogP contribution in [0.3, 0.4) is 0 Å². The number of pyridine rings is 1. The molecular formula is C14H9Cl4FN2O. The molecule has 2 rings (SSSR count). The van der Waals surface area contributed by atoms with Crippen molar-refractivity contribution in [2.24, 2.45) is 0 Å². The molecule has 0 fully saturated rings. The predicted molar refractivity (Wildman–Crippen MR) is 86.7 cm³/mol. The lowest BCUT2D eigenvalue weighted by molar-refractivity contribution is 0.0949. The molecule has 0 spiro atoms. The Labute approximate surface area is 146 Å². The Morgan fingerprint density at radius 2 is 1.86 bits per heavy atom. The normalized spacial score (nSPS) is 10.6.